The molecule has 1 aliphatic heterocycles. The first-order valence-corrected chi connectivity index (χ1v) is 8.18. The van der Waals surface area contributed by atoms with Crippen molar-refractivity contribution in [1.29, 1.82) is 0 Å². The first-order chi connectivity index (χ1) is 9.95. The highest BCUT2D eigenvalue weighted by Crippen LogP contribution is 2.32. The van der Waals surface area contributed by atoms with Crippen LogP contribution in [0.1, 0.15) is 52.1 Å². The van der Waals surface area contributed by atoms with Crippen molar-refractivity contribution in [3.05, 3.63) is 35.6 Å². The zero-order valence-corrected chi connectivity index (χ0v) is 13.8. The topological polar surface area (TPSA) is 15.3 Å². The third-order valence-electron chi connectivity index (χ3n) is 4.81. The summed E-state index contributed by atoms with van der Waals surface area (Å²) in [5.41, 5.74) is 1.07. The summed E-state index contributed by atoms with van der Waals surface area (Å²) in [6.07, 6.45) is 2.52. The van der Waals surface area contributed by atoms with E-state index in [1.165, 1.54) is 12.8 Å². The summed E-state index contributed by atoms with van der Waals surface area (Å²) in [5.74, 6) is 0.273. The molecule has 3 heteroatoms. The number of hydrogen-bond acceptors (Lipinski definition) is 2. The van der Waals surface area contributed by atoms with Gasteiger partial charge in [0.25, 0.3) is 0 Å². The number of halogens is 1. The maximum Gasteiger partial charge on any atom is 0.127 e. The third-order valence-corrected chi connectivity index (χ3v) is 4.81. The molecule has 0 bridgehead atoms. The van der Waals surface area contributed by atoms with E-state index in [1.54, 1.807) is 12.1 Å². The fourth-order valence-electron chi connectivity index (χ4n) is 3.52. The number of hydrogen-bond donors (Lipinski definition) is 1. The van der Waals surface area contributed by atoms with E-state index in [4.69, 9.17) is 0 Å². The van der Waals surface area contributed by atoms with E-state index < -0.39 is 0 Å². The van der Waals surface area contributed by atoms with Crippen molar-refractivity contribution < 1.29 is 4.39 Å². The number of likely N-dealkylation sites (tertiary alicyclic amines) is 1. The van der Waals surface area contributed by atoms with Crippen LogP contribution in [0.4, 0.5) is 4.39 Å². The first kappa shape index (κ1) is 16.4. The molecule has 0 saturated carbocycles. The number of rotatable bonds is 6. The molecule has 0 amide bonds. The molecule has 0 aliphatic carbocycles. The van der Waals surface area contributed by atoms with Crippen LogP contribution in [0.5, 0.6) is 0 Å². The molecule has 1 N–H and O–H groups in total. The SMILES string of the molecule is CCNC(c1ccccc1F)C(C)CN1CCCC1(C)C. The van der Waals surface area contributed by atoms with Crippen LogP contribution in [-0.4, -0.2) is 30.1 Å². The zero-order valence-electron chi connectivity index (χ0n) is 13.8. The normalized spacial score (nSPS) is 21.4. The molecular weight excluding hydrogens is 263 g/mol. The summed E-state index contributed by atoms with van der Waals surface area (Å²) >= 11 is 0. The number of nitrogens with one attached hydrogen (secondary N) is 1. The van der Waals surface area contributed by atoms with Crippen LogP contribution >= 0.6 is 0 Å². The second-order valence-corrected chi connectivity index (χ2v) is 6.90. The summed E-state index contributed by atoms with van der Waals surface area (Å²) in [5, 5.41) is 3.47. The van der Waals surface area contributed by atoms with Crippen LogP contribution in [0.25, 0.3) is 0 Å². The van der Waals surface area contributed by atoms with Gasteiger partial charge >= 0.3 is 0 Å². The van der Waals surface area contributed by atoms with Gasteiger partial charge in [-0.15, -0.1) is 0 Å². The van der Waals surface area contributed by atoms with Gasteiger partial charge < -0.3 is 5.32 Å². The minimum absolute atomic E-state index is 0.0765. The van der Waals surface area contributed by atoms with Gasteiger partial charge in [0.1, 0.15) is 5.82 Å². The molecule has 2 atom stereocenters. The Morgan fingerprint density at radius 2 is 2.05 bits per heavy atom. The maximum atomic E-state index is 14.1. The van der Waals surface area contributed by atoms with Gasteiger partial charge in [-0.2, -0.15) is 0 Å². The van der Waals surface area contributed by atoms with Crippen molar-refractivity contribution in [3.8, 4) is 0 Å². The number of nitrogens with zero attached hydrogens (tertiary/aromatic N) is 1. The average molecular weight is 292 g/mol. The van der Waals surface area contributed by atoms with Gasteiger partial charge in [-0.25, -0.2) is 4.39 Å². The second kappa shape index (κ2) is 6.89. The molecular formula is C18H29FN2. The lowest BCUT2D eigenvalue weighted by molar-refractivity contribution is 0.138. The summed E-state index contributed by atoms with van der Waals surface area (Å²) < 4.78 is 14.1. The highest BCUT2D eigenvalue weighted by Gasteiger charge is 2.34. The Hall–Kier alpha value is -0.930. The molecule has 1 aromatic rings. The van der Waals surface area contributed by atoms with E-state index >= 15 is 0 Å². The Kier molecular flexibility index (Phi) is 5.39. The zero-order chi connectivity index (χ0) is 15.5. The minimum atomic E-state index is -0.101. The summed E-state index contributed by atoms with van der Waals surface area (Å²) in [6.45, 7) is 12.0. The summed E-state index contributed by atoms with van der Waals surface area (Å²) in [6, 6.07) is 7.24. The Morgan fingerprint density at radius 3 is 2.62 bits per heavy atom. The Bertz CT molecular complexity index is 458. The molecule has 1 saturated heterocycles. The fourth-order valence-corrected chi connectivity index (χ4v) is 3.52. The molecule has 1 aromatic carbocycles. The largest absolute Gasteiger partial charge is 0.310 e. The van der Waals surface area contributed by atoms with E-state index in [-0.39, 0.29) is 17.4 Å². The van der Waals surface area contributed by atoms with E-state index in [0.717, 1.165) is 25.2 Å². The maximum absolute atomic E-state index is 14.1. The van der Waals surface area contributed by atoms with Gasteiger partial charge in [-0.1, -0.05) is 32.0 Å². The van der Waals surface area contributed by atoms with Gasteiger partial charge in [0.2, 0.25) is 0 Å². The average Bonchev–Trinajstić information content (AvgIpc) is 2.76. The van der Waals surface area contributed by atoms with E-state index in [0.29, 0.717) is 5.92 Å². The molecule has 1 aliphatic rings. The molecule has 118 valence electrons. The molecule has 0 radical (unpaired) electrons. The van der Waals surface area contributed by atoms with E-state index in [9.17, 15) is 4.39 Å². The van der Waals surface area contributed by atoms with Crippen molar-refractivity contribution in [2.45, 2.75) is 52.1 Å². The fraction of sp³-hybridized carbons (Fsp3) is 0.667. The van der Waals surface area contributed by atoms with Gasteiger partial charge in [0.05, 0.1) is 0 Å². The van der Waals surface area contributed by atoms with Crippen molar-refractivity contribution >= 4 is 0 Å². The van der Waals surface area contributed by atoms with Crippen LogP contribution in [-0.2, 0) is 0 Å². The quantitative estimate of drug-likeness (QED) is 0.853. The molecule has 21 heavy (non-hydrogen) atoms. The highest BCUT2D eigenvalue weighted by molar-refractivity contribution is 5.22. The van der Waals surface area contributed by atoms with E-state index in [2.05, 4.69) is 37.9 Å². The van der Waals surface area contributed by atoms with Gasteiger partial charge in [-0.05, 0) is 51.8 Å². The third kappa shape index (κ3) is 3.83. The lowest BCUT2D eigenvalue weighted by atomic mass is 9.92. The second-order valence-electron chi connectivity index (χ2n) is 6.90. The number of benzene rings is 1. The van der Waals surface area contributed by atoms with Crippen LogP contribution in [0.3, 0.4) is 0 Å². The molecule has 2 unspecified atom stereocenters. The molecule has 0 spiro atoms. The van der Waals surface area contributed by atoms with Gasteiger partial charge in [0.15, 0.2) is 0 Å². The Balaban J connectivity index is 2.13. The minimum Gasteiger partial charge on any atom is -0.310 e. The van der Waals surface area contributed by atoms with Gasteiger partial charge in [-0.3, -0.25) is 4.90 Å². The lowest BCUT2D eigenvalue weighted by Crippen LogP contribution is -2.43. The Labute approximate surface area is 128 Å². The van der Waals surface area contributed by atoms with Crippen molar-refractivity contribution in [3.63, 3.8) is 0 Å². The smallest absolute Gasteiger partial charge is 0.127 e. The van der Waals surface area contributed by atoms with E-state index in [1.807, 2.05) is 12.1 Å². The molecule has 2 nitrogen and oxygen atoms in total. The molecule has 2 rings (SSSR count). The molecule has 0 aromatic heterocycles. The summed E-state index contributed by atoms with van der Waals surface area (Å²) in [4.78, 5) is 2.56. The van der Waals surface area contributed by atoms with Crippen molar-refractivity contribution in [1.82, 2.24) is 10.2 Å². The van der Waals surface area contributed by atoms with Crippen molar-refractivity contribution in [2.24, 2.45) is 5.92 Å². The molecule has 1 fully saturated rings. The monoisotopic (exact) mass is 292 g/mol. The summed E-state index contributed by atoms with van der Waals surface area (Å²) in [7, 11) is 0. The van der Waals surface area contributed by atoms with Gasteiger partial charge in [0, 0.05) is 23.7 Å². The first-order valence-electron chi connectivity index (χ1n) is 8.18. The van der Waals surface area contributed by atoms with Crippen LogP contribution < -0.4 is 5.32 Å². The predicted octanol–water partition coefficient (Wildman–Crippen LogP) is 3.99. The van der Waals surface area contributed by atoms with Crippen molar-refractivity contribution in [2.75, 3.05) is 19.6 Å². The Morgan fingerprint density at radius 1 is 1.33 bits per heavy atom. The standard InChI is InChI=1S/C18H29FN2/c1-5-20-17(15-9-6-7-10-16(15)19)14(2)13-21-12-8-11-18(21,3)4/h6-7,9-10,14,17,20H,5,8,11-13H2,1-4H3. The predicted molar refractivity (Wildman–Crippen MR) is 86.9 cm³/mol. The highest BCUT2D eigenvalue weighted by atomic mass is 19.1. The molecule has 1 heterocycles. The van der Waals surface area contributed by atoms with Crippen LogP contribution in [0.2, 0.25) is 0 Å². The van der Waals surface area contributed by atoms with Crippen LogP contribution in [0.15, 0.2) is 24.3 Å². The lowest BCUT2D eigenvalue weighted by Gasteiger charge is -2.36. The van der Waals surface area contributed by atoms with Crippen LogP contribution in [0, 0.1) is 11.7 Å².